The van der Waals surface area contributed by atoms with Gasteiger partial charge in [0.1, 0.15) is 29.3 Å². The molecule has 0 aliphatic carbocycles. The Hall–Kier alpha value is -3.69. The molecule has 1 fully saturated rings. The molecule has 1 aromatic carbocycles. The molecule has 10 heteroatoms. The highest BCUT2D eigenvalue weighted by molar-refractivity contribution is 5.90. The van der Waals surface area contributed by atoms with Gasteiger partial charge >= 0.3 is 6.09 Å². The molecule has 1 aliphatic rings. The van der Waals surface area contributed by atoms with Gasteiger partial charge in [-0.25, -0.2) is 14.8 Å². The van der Waals surface area contributed by atoms with E-state index in [2.05, 4.69) is 19.9 Å². The first kappa shape index (κ1) is 21.0. The monoisotopic (exact) mass is 414 g/mol. The lowest BCUT2D eigenvalue weighted by molar-refractivity contribution is 0.142. The summed E-state index contributed by atoms with van der Waals surface area (Å²) in [5.41, 5.74) is 8.12. The summed E-state index contributed by atoms with van der Waals surface area (Å²) in [4.78, 5) is 26.1. The van der Waals surface area contributed by atoms with Crippen molar-refractivity contribution in [1.82, 2.24) is 19.9 Å². The number of anilines is 2. The van der Waals surface area contributed by atoms with Crippen LogP contribution in [0.25, 0.3) is 11.0 Å². The van der Waals surface area contributed by atoms with Crippen LogP contribution in [0.3, 0.4) is 0 Å². The molecule has 160 valence electrons. The number of nitrogens with two attached hydrogens (primary N) is 1. The molecule has 1 saturated heterocycles. The summed E-state index contributed by atoms with van der Waals surface area (Å²) in [5.74, 6) is 2.30. The maximum Gasteiger partial charge on any atom is 0.407 e. The van der Waals surface area contributed by atoms with Gasteiger partial charge in [-0.1, -0.05) is 0 Å². The van der Waals surface area contributed by atoms with Gasteiger partial charge in [0.25, 0.3) is 0 Å². The second-order valence-electron chi connectivity index (χ2n) is 6.80. The molecule has 0 bridgehead atoms. The average Bonchev–Trinajstić information content (AvgIpc) is 3.15. The number of aryl methyl sites for hydroxylation is 1. The SMILES string of the molecule is COc1cc(N)cc(OC)c1.Cc1c[nH]c2ncnc(N3CCN(C(=O)O)CC3)c12. The minimum atomic E-state index is -0.856. The molecule has 3 heterocycles. The maximum atomic E-state index is 10.9. The molecule has 3 aromatic rings. The number of methoxy groups -OCH3 is 2. The summed E-state index contributed by atoms with van der Waals surface area (Å²) < 4.78 is 9.96. The second-order valence-corrected chi connectivity index (χ2v) is 6.80. The van der Waals surface area contributed by atoms with Gasteiger partial charge in [0.2, 0.25) is 0 Å². The van der Waals surface area contributed by atoms with Crippen molar-refractivity contribution in [3.63, 3.8) is 0 Å². The lowest BCUT2D eigenvalue weighted by atomic mass is 10.2. The van der Waals surface area contributed by atoms with Gasteiger partial charge in [0.15, 0.2) is 0 Å². The molecule has 0 atom stereocenters. The minimum absolute atomic E-state index is 0.504. The number of nitrogen functional groups attached to an aromatic ring is 1. The Bertz CT molecular complexity index is 991. The fourth-order valence-electron chi connectivity index (χ4n) is 3.28. The molecule has 4 N–H and O–H groups in total. The van der Waals surface area contributed by atoms with Crippen molar-refractivity contribution in [2.75, 3.05) is 51.0 Å². The highest BCUT2D eigenvalue weighted by atomic mass is 16.5. The molecule has 30 heavy (non-hydrogen) atoms. The fraction of sp³-hybridized carbons (Fsp3) is 0.350. The molecule has 0 saturated carbocycles. The Kier molecular flexibility index (Phi) is 6.45. The van der Waals surface area contributed by atoms with Crippen LogP contribution < -0.4 is 20.1 Å². The predicted octanol–water partition coefficient (Wildman–Crippen LogP) is 2.35. The van der Waals surface area contributed by atoms with Gasteiger partial charge < -0.3 is 35.1 Å². The first-order valence-electron chi connectivity index (χ1n) is 9.43. The number of carboxylic acid groups (broad SMARTS) is 1. The zero-order chi connectivity index (χ0) is 21.7. The number of ether oxygens (including phenoxy) is 2. The molecular weight excluding hydrogens is 388 g/mol. The number of aromatic nitrogens is 3. The number of rotatable bonds is 3. The average molecular weight is 414 g/mol. The van der Waals surface area contributed by atoms with Crippen LogP contribution in [-0.2, 0) is 0 Å². The van der Waals surface area contributed by atoms with Crippen molar-refractivity contribution in [2.24, 2.45) is 0 Å². The van der Waals surface area contributed by atoms with Gasteiger partial charge in [-0.2, -0.15) is 0 Å². The number of benzene rings is 1. The number of H-pyrrole nitrogens is 1. The number of nitrogens with one attached hydrogen (secondary N) is 1. The lowest BCUT2D eigenvalue weighted by Gasteiger charge is -2.34. The largest absolute Gasteiger partial charge is 0.497 e. The summed E-state index contributed by atoms with van der Waals surface area (Å²) in [6.07, 6.45) is 2.60. The molecule has 0 radical (unpaired) electrons. The van der Waals surface area contributed by atoms with Crippen LogP contribution in [0.15, 0.2) is 30.7 Å². The Morgan fingerprint density at radius 1 is 1.10 bits per heavy atom. The zero-order valence-corrected chi connectivity index (χ0v) is 17.3. The number of aromatic amines is 1. The maximum absolute atomic E-state index is 10.9. The number of nitrogens with zero attached hydrogens (tertiary/aromatic N) is 4. The summed E-state index contributed by atoms with van der Waals surface area (Å²) in [7, 11) is 3.18. The molecule has 0 unspecified atom stereocenters. The zero-order valence-electron chi connectivity index (χ0n) is 17.3. The summed E-state index contributed by atoms with van der Waals surface area (Å²) in [5, 5.41) is 9.97. The van der Waals surface area contributed by atoms with Crippen molar-refractivity contribution in [3.8, 4) is 11.5 Å². The lowest BCUT2D eigenvalue weighted by Crippen LogP contribution is -2.48. The molecule has 10 nitrogen and oxygen atoms in total. The molecule has 2 aromatic heterocycles. The van der Waals surface area contributed by atoms with Gasteiger partial charge in [0.05, 0.1) is 19.6 Å². The molecule has 1 aliphatic heterocycles. The normalized spacial score (nSPS) is 13.6. The van der Waals surface area contributed by atoms with E-state index in [1.54, 1.807) is 32.4 Å². The van der Waals surface area contributed by atoms with Crippen molar-refractivity contribution < 1.29 is 19.4 Å². The van der Waals surface area contributed by atoms with Gasteiger partial charge in [-0.3, -0.25) is 0 Å². The Morgan fingerprint density at radius 3 is 2.30 bits per heavy atom. The third-order valence-corrected chi connectivity index (χ3v) is 4.87. The quantitative estimate of drug-likeness (QED) is 0.557. The Balaban J connectivity index is 0.000000199. The van der Waals surface area contributed by atoms with Crippen molar-refractivity contribution >= 4 is 28.6 Å². The van der Waals surface area contributed by atoms with Gasteiger partial charge in [-0.05, 0) is 12.5 Å². The number of amides is 1. The van der Waals surface area contributed by atoms with E-state index in [1.165, 1.54) is 11.2 Å². The molecule has 0 spiro atoms. The van der Waals surface area contributed by atoms with Crippen LogP contribution in [0.2, 0.25) is 0 Å². The van der Waals surface area contributed by atoms with Crippen molar-refractivity contribution in [2.45, 2.75) is 6.92 Å². The van der Waals surface area contributed by atoms with E-state index >= 15 is 0 Å². The van der Waals surface area contributed by atoms with Crippen LogP contribution in [0, 0.1) is 6.92 Å². The van der Waals surface area contributed by atoms with E-state index < -0.39 is 6.09 Å². The Labute approximate surface area is 174 Å². The van der Waals surface area contributed by atoms with Crippen molar-refractivity contribution in [1.29, 1.82) is 0 Å². The number of fused-ring (bicyclic) bond motifs is 1. The number of hydrogen-bond acceptors (Lipinski definition) is 7. The summed E-state index contributed by atoms with van der Waals surface area (Å²) in [6, 6.07) is 5.25. The van der Waals surface area contributed by atoms with Crippen molar-refractivity contribution in [3.05, 3.63) is 36.3 Å². The first-order chi connectivity index (χ1) is 14.4. The van der Waals surface area contributed by atoms with Crippen LogP contribution in [0.5, 0.6) is 11.5 Å². The minimum Gasteiger partial charge on any atom is -0.497 e. The van der Waals surface area contributed by atoms with E-state index in [1.807, 2.05) is 13.1 Å². The molecule has 1 amide bonds. The third-order valence-electron chi connectivity index (χ3n) is 4.87. The number of carbonyl (C=O) groups is 1. The van der Waals surface area contributed by atoms with Crippen LogP contribution >= 0.6 is 0 Å². The van der Waals surface area contributed by atoms with Crippen LogP contribution in [-0.4, -0.2) is 71.5 Å². The Morgan fingerprint density at radius 2 is 1.73 bits per heavy atom. The topological polar surface area (TPSA) is 130 Å². The third kappa shape index (κ3) is 4.65. The molecular formula is C20H26N6O4. The van der Waals surface area contributed by atoms with E-state index in [4.69, 9.17) is 20.3 Å². The summed E-state index contributed by atoms with van der Waals surface area (Å²) >= 11 is 0. The van der Waals surface area contributed by atoms with E-state index in [9.17, 15) is 4.79 Å². The van der Waals surface area contributed by atoms with Crippen LogP contribution in [0.1, 0.15) is 5.56 Å². The van der Waals surface area contributed by atoms with E-state index in [0.29, 0.717) is 43.4 Å². The smallest absolute Gasteiger partial charge is 0.407 e. The van der Waals surface area contributed by atoms with E-state index in [-0.39, 0.29) is 0 Å². The first-order valence-corrected chi connectivity index (χ1v) is 9.43. The van der Waals surface area contributed by atoms with Crippen LogP contribution in [0.4, 0.5) is 16.3 Å². The molecule has 4 rings (SSSR count). The van der Waals surface area contributed by atoms with Gasteiger partial charge in [-0.15, -0.1) is 0 Å². The second kappa shape index (κ2) is 9.21. The summed E-state index contributed by atoms with van der Waals surface area (Å²) in [6.45, 7) is 4.33. The predicted molar refractivity (Wildman–Crippen MR) is 114 cm³/mol. The highest BCUT2D eigenvalue weighted by Crippen LogP contribution is 2.26. The fourth-order valence-corrected chi connectivity index (χ4v) is 3.28. The standard InChI is InChI=1S/C12H15N5O2.C8H11NO2/c1-8-6-13-10-9(8)11(15-7-14-10)16-2-4-17(5-3-16)12(18)19;1-10-7-3-6(9)4-8(5-7)11-2/h6-7H,2-5H2,1H3,(H,18,19)(H,13,14,15);3-5H,9H2,1-2H3. The van der Waals surface area contributed by atoms with Gasteiger partial charge in [0, 0.05) is 56.3 Å². The van der Waals surface area contributed by atoms with E-state index in [0.717, 1.165) is 22.4 Å². The highest BCUT2D eigenvalue weighted by Gasteiger charge is 2.23. The number of piperazine rings is 1. The number of hydrogen-bond donors (Lipinski definition) is 3.